The highest BCUT2D eigenvalue weighted by molar-refractivity contribution is 7.90. The summed E-state index contributed by atoms with van der Waals surface area (Å²) in [7, 11) is -3.75. The van der Waals surface area contributed by atoms with Gasteiger partial charge < -0.3 is 11.1 Å². The molecular formula is C13H16F3N3O2S. The van der Waals surface area contributed by atoms with E-state index in [1.807, 2.05) is 0 Å². The van der Waals surface area contributed by atoms with Crippen molar-refractivity contribution in [3.05, 3.63) is 29.3 Å². The van der Waals surface area contributed by atoms with Crippen molar-refractivity contribution in [1.29, 1.82) is 0 Å². The second-order valence-corrected chi connectivity index (χ2v) is 7.27. The SMILES string of the molecule is CS(=O)(=O)c1cc(CN=C(N)NC2CC2)cc(C(F)(F)F)c1. The molecule has 5 nitrogen and oxygen atoms in total. The van der Waals surface area contributed by atoms with E-state index < -0.39 is 21.6 Å². The molecule has 0 unspecified atom stereocenters. The molecule has 0 atom stereocenters. The van der Waals surface area contributed by atoms with Gasteiger partial charge in [0, 0.05) is 12.3 Å². The Bertz CT molecular complexity index is 695. The quantitative estimate of drug-likeness (QED) is 0.648. The van der Waals surface area contributed by atoms with Gasteiger partial charge in [0.2, 0.25) is 0 Å². The van der Waals surface area contributed by atoms with Crippen molar-refractivity contribution >= 4 is 15.8 Å². The van der Waals surface area contributed by atoms with Crippen LogP contribution in [0.5, 0.6) is 0 Å². The van der Waals surface area contributed by atoms with Crippen molar-refractivity contribution in [3.63, 3.8) is 0 Å². The monoisotopic (exact) mass is 335 g/mol. The highest BCUT2D eigenvalue weighted by Gasteiger charge is 2.32. The first kappa shape index (κ1) is 16.6. The summed E-state index contributed by atoms with van der Waals surface area (Å²) in [5, 5.41) is 2.90. The zero-order valence-corrected chi connectivity index (χ0v) is 12.6. The number of nitrogens with zero attached hydrogens (tertiary/aromatic N) is 1. The van der Waals surface area contributed by atoms with E-state index in [1.165, 1.54) is 6.07 Å². The lowest BCUT2D eigenvalue weighted by Crippen LogP contribution is -2.33. The maximum absolute atomic E-state index is 12.8. The van der Waals surface area contributed by atoms with Gasteiger partial charge in [0.05, 0.1) is 17.0 Å². The van der Waals surface area contributed by atoms with Crippen LogP contribution in [0, 0.1) is 0 Å². The number of alkyl halides is 3. The summed E-state index contributed by atoms with van der Waals surface area (Å²) in [5.41, 5.74) is 4.72. The van der Waals surface area contributed by atoms with Gasteiger partial charge in [0.1, 0.15) is 0 Å². The van der Waals surface area contributed by atoms with Crippen LogP contribution in [0.3, 0.4) is 0 Å². The van der Waals surface area contributed by atoms with Gasteiger partial charge in [-0.1, -0.05) is 0 Å². The molecule has 1 aliphatic carbocycles. The first-order valence-electron chi connectivity index (χ1n) is 6.53. The van der Waals surface area contributed by atoms with E-state index in [2.05, 4.69) is 10.3 Å². The molecule has 9 heteroatoms. The van der Waals surface area contributed by atoms with Gasteiger partial charge in [-0.2, -0.15) is 13.2 Å². The highest BCUT2D eigenvalue weighted by atomic mass is 32.2. The molecule has 1 aromatic carbocycles. The highest BCUT2D eigenvalue weighted by Crippen LogP contribution is 2.32. The van der Waals surface area contributed by atoms with E-state index in [4.69, 9.17) is 5.73 Å². The van der Waals surface area contributed by atoms with Gasteiger partial charge in [0.15, 0.2) is 15.8 Å². The van der Waals surface area contributed by atoms with E-state index in [0.717, 1.165) is 25.2 Å². The van der Waals surface area contributed by atoms with E-state index in [0.29, 0.717) is 6.07 Å². The summed E-state index contributed by atoms with van der Waals surface area (Å²) >= 11 is 0. The molecule has 22 heavy (non-hydrogen) atoms. The van der Waals surface area contributed by atoms with Gasteiger partial charge in [0.25, 0.3) is 0 Å². The number of nitrogens with one attached hydrogen (secondary N) is 1. The van der Waals surface area contributed by atoms with E-state index in [-0.39, 0.29) is 29.0 Å². The van der Waals surface area contributed by atoms with Gasteiger partial charge in [-0.3, -0.25) is 0 Å². The molecule has 1 aliphatic rings. The third-order valence-corrected chi connectivity index (χ3v) is 4.18. The molecule has 0 spiro atoms. The van der Waals surface area contributed by atoms with Crippen molar-refractivity contribution in [2.45, 2.75) is 36.5 Å². The molecule has 1 fully saturated rings. The Labute approximate surface area is 126 Å². The number of hydrogen-bond donors (Lipinski definition) is 2. The molecule has 0 radical (unpaired) electrons. The smallest absolute Gasteiger partial charge is 0.370 e. The number of guanidine groups is 1. The molecule has 0 amide bonds. The predicted molar refractivity (Wildman–Crippen MR) is 76.0 cm³/mol. The van der Waals surface area contributed by atoms with Crippen molar-refractivity contribution in [1.82, 2.24) is 5.32 Å². The average molecular weight is 335 g/mol. The Morgan fingerprint density at radius 2 is 2.00 bits per heavy atom. The molecule has 0 bridgehead atoms. The van der Waals surface area contributed by atoms with Crippen LogP contribution in [-0.2, 0) is 22.6 Å². The maximum Gasteiger partial charge on any atom is 0.416 e. The van der Waals surface area contributed by atoms with Crippen LogP contribution in [0.25, 0.3) is 0 Å². The average Bonchev–Trinajstić information content (AvgIpc) is 3.18. The maximum atomic E-state index is 12.8. The minimum Gasteiger partial charge on any atom is -0.370 e. The molecule has 122 valence electrons. The number of sulfone groups is 1. The summed E-state index contributed by atoms with van der Waals surface area (Å²) in [6, 6.07) is 2.95. The fourth-order valence-electron chi connectivity index (χ4n) is 1.79. The van der Waals surface area contributed by atoms with E-state index in [1.54, 1.807) is 0 Å². The normalized spacial score (nSPS) is 16.6. The van der Waals surface area contributed by atoms with Gasteiger partial charge in [-0.05, 0) is 36.6 Å². The Balaban J connectivity index is 2.29. The number of halogens is 3. The fraction of sp³-hybridized carbons (Fsp3) is 0.462. The summed E-state index contributed by atoms with van der Waals surface area (Å²) in [4.78, 5) is 3.55. The van der Waals surface area contributed by atoms with Crippen LogP contribution in [0.4, 0.5) is 13.2 Å². The summed E-state index contributed by atoms with van der Waals surface area (Å²) in [6.45, 7) is -0.127. The zero-order chi connectivity index (χ0) is 16.5. The second-order valence-electron chi connectivity index (χ2n) is 5.26. The molecular weight excluding hydrogens is 319 g/mol. The van der Waals surface area contributed by atoms with Crippen LogP contribution >= 0.6 is 0 Å². The molecule has 0 aromatic heterocycles. The molecule has 2 rings (SSSR count). The minimum absolute atomic E-state index is 0.127. The Hall–Kier alpha value is -1.77. The lowest BCUT2D eigenvalue weighted by Gasteiger charge is -2.11. The third-order valence-electron chi connectivity index (χ3n) is 3.08. The lowest BCUT2D eigenvalue weighted by atomic mass is 10.1. The van der Waals surface area contributed by atoms with Gasteiger partial charge >= 0.3 is 6.18 Å². The van der Waals surface area contributed by atoms with Crippen molar-refractivity contribution in [3.8, 4) is 0 Å². The van der Waals surface area contributed by atoms with Crippen molar-refractivity contribution in [2.75, 3.05) is 6.26 Å². The molecule has 1 saturated carbocycles. The first-order valence-corrected chi connectivity index (χ1v) is 8.42. The third kappa shape index (κ3) is 4.62. The Kier molecular flexibility index (Phi) is 4.37. The summed E-state index contributed by atoms with van der Waals surface area (Å²) in [6.07, 6.45) is -1.80. The largest absolute Gasteiger partial charge is 0.416 e. The van der Waals surface area contributed by atoms with Crippen molar-refractivity contribution in [2.24, 2.45) is 10.7 Å². The van der Waals surface area contributed by atoms with Crippen LogP contribution in [0.1, 0.15) is 24.0 Å². The van der Waals surface area contributed by atoms with E-state index in [9.17, 15) is 21.6 Å². The zero-order valence-electron chi connectivity index (χ0n) is 11.8. The molecule has 1 aromatic rings. The van der Waals surface area contributed by atoms with Crippen LogP contribution in [0.2, 0.25) is 0 Å². The lowest BCUT2D eigenvalue weighted by molar-refractivity contribution is -0.137. The Morgan fingerprint density at radius 3 is 2.50 bits per heavy atom. The van der Waals surface area contributed by atoms with Crippen molar-refractivity contribution < 1.29 is 21.6 Å². The predicted octanol–water partition coefficient (Wildman–Crippen LogP) is 1.68. The van der Waals surface area contributed by atoms with Gasteiger partial charge in [-0.25, -0.2) is 13.4 Å². The standard InChI is InChI=1S/C13H16F3N3O2S/c1-22(20,21)11-5-8(4-9(6-11)13(14,15)16)7-18-12(17)19-10-2-3-10/h4-6,10H,2-3,7H2,1H3,(H3,17,18,19). The number of hydrogen-bond acceptors (Lipinski definition) is 3. The molecule has 0 saturated heterocycles. The number of rotatable bonds is 4. The molecule has 3 N–H and O–H groups in total. The number of aliphatic imine (C=N–C) groups is 1. The summed E-state index contributed by atoms with van der Waals surface area (Å²) in [5.74, 6) is 0.140. The van der Waals surface area contributed by atoms with Crippen LogP contribution in [-0.4, -0.2) is 26.7 Å². The minimum atomic E-state index is -4.63. The van der Waals surface area contributed by atoms with E-state index >= 15 is 0 Å². The van der Waals surface area contributed by atoms with Gasteiger partial charge in [-0.15, -0.1) is 0 Å². The molecule has 0 heterocycles. The number of benzene rings is 1. The fourth-order valence-corrected chi connectivity index (χ4v) is 2.50. The first-order chi connectivity index (χ1) is 10.1. The Morgan fingerprint density at radius 1 is 1.36 bits per heavy atom. The number of nitrogens with two attached hydrogens (primary N) is 1. The second kappa shape index (κ2) is 5.79. The topological polar surface area (TPSA) is 84.5 Å². The van der Waals surface area contributed by atoms with Crippen LogP contribution < -0.4 is 11.1 Å². The molecule has 0 aliphatic heterocycles. The van der Waals surface area contributed by atoms with Crippen LogP contribution in [0.15, 0.2) is 28.1 Å². The summed E-state index contributed by atoms with van der Waals surface area (Å²) < 4.78 is 61.6.